The predicted octanol–water partition coefficient (Wildman–Crippen LogP) is 15.4. The summed E-state index contributed by atoms with van der Waals surface area (Å²) in [6.07, 6.45) is 0. The summed E-state index contributed by atoms with van der Waals surface area (Å²) < 4.78 is 0. The van der Waals surface area contributed by atoms with Crippen LogP contribution in [0.4, 0.5) is 11.4 Å². The van der Waals surface area contributed by atoms with Gasteiger partial charge in [0.25, 0.3) is 0 Å². The van der Waals surface area contributed by atoms with E-state index in [0.717, 1.165) is 55.6 Å². The summed E-state index contributed by atoms with van der Waals surface area (Å²) in [6, 6.07) is 68.3. The van der Waals surface area contributed by atoms with Crippen molar-refractivity contribution >= 4 is 22.1 Å². The number of nitrogens with zero attached hydrogens (tertiary/aromatic N) is 5. The second-order valence-corrected chi connectivity index (χ2v) is 15.3. The van der Waals surface area contributed by atoms with E-state index < -0.39 is 0 Å². The summed E-state index contributed by atoms with van der Waals surface area (Å²) in [6.45, 7) is 15.5. The highest BCUT2D eigenvalue weighted by atomic mass is 15.0. The minimum absolute atomic E-state index is 0.533. The SMILES string of the molecule is [C-]#[N+]c1ccc(-c2ccccc2-c2nc(-c3ccccc3)nc(-c3ccccc3-c3ccc([N+]#[C-])cc3-c3cccc(-c4ccc5cccc6c5c4-c4ccccc4-6)c3)n2)cc1. The van der Waals surface area contributed by atoms with Crippen molar-refractivity contribution < 1.29 is 0 Å². The summed E-state index contributed by atoms with van der Waals surface area (Å²) in [7, 11) is 0. The van der Waals surface area contributed by atoms with Crippen molar-refractivity contribution in [2.75, 3.05) is 0 Å². The second kappa shape index (κ2) is 15.1. The van der Waals surface area contributed by atoms with Crippen LogP contribution in [0.3, 0.4) is 0 Å². The molecule has 9 aromatic carbocycles. The maximum Gasteiger partial charge on any atom is 0.187 e. The van der Waals surface area contributed by atoms with Gasteiger partial charge in [-0.05, 0) is 89.7 Å². The lowest BCUT2D eigenvalue weighted by atomic mass is 9.88. The van der Waals surface area contributed by atoms with E-state index in [1.54, 1.807) is 0 Å². The molecule has 0 aliphatic heterocycles. The van der Waals surface area contributed by atoms with Gasteiger partial charge in [0, 0.05) is 16.7 Å². The monoisotopic (exact) mass is 787 g/mol. The first kappa shape index (κ1) is 36.3. The molecule has 0 bridgehead atoms. The molecule has 0 fully saturated rings. The highest BCUT2D eigenvalue weighted by Crippen LogP contribution is 2.51. The first-order chi connectivity index (χ1) is 30.6. The summed E-state index contributed by atoms with van der Waals surface area (Å²) in [5.74, 6) is 1.63. The van der Waals surface area contributed by atoms with Crippen molar-refractivity contribution in [1.82, 2.24) is 15.0 Å². The summed E-state index contributed by atoms with van der Waals surface area (Å²) in [4.78, 5) is 23.0. The molecule has 0 saturated carbocycles. The lowest BCUT2D eigenvalue weighted by molar-refractivity contribution is 1.07. The Morgan fingerprint density at radius 2 is 0.790 bits per heavy atom. The minimum atomic E-state index is 0.533. The van der Waals surface area contributed by atoms with Crippen molar-refractivity contribution in [2.24, 2.45) is 0 Å². The third-order valence-corrected chi connectivity index (χ3v) is 11.7. The van der Waals surface area contributed by atoms with Gasteiger partial charge < -0.3 is 0 Å². The zero-order chi connectivity index (χ0) is 41.6. The van der Waals surface area contributed by atoms with Gasteiger partial charge in [-0.2, -0.15) is 0 Å². The molecular formula is C57H33N5. The first-order valence-corrected chi connectivity index (χ1v) is 20.4. The normalized spacial score (nSPS) is 11.2. The topological polar surface area (TPSA) is 47.4 Å². The van der Waals surface area contributed by atoms with Crippen molar-refractivity contribution in [3.05, 3.63) is 223 Å². The number of benzene rings is 9. The number of rotatable bonds is 7. The predicted molar refractivity (Wildman–Crippen MR) is 252 cm³/mol. The van der Waals surface area contributed by atoms with E-state index >= 15 is 0 Å². The van der Waals surface area contributed by atoms with E-state index in [1.807, 2.05) is 97.1 Å². The van der Waals surface area contributed by atoms with Gasteiger partial charge in [0.1, 0.15) is 0 Å². The van der Waals surface area contributed by atoms with Crippen LogP contribution < -0.4 is 0 Å². The molecule has 286 valence electrons. The van der Waals surface area contributed by atoms with Gasteiger partial charge in [-0.1, -0.05) is 188 Å². The van der Waals surface area contributed by atoms with Crippen molar-refractivity contribution in [3.63, 3.8) is 0 Å². The molecule has 0 atom stereocenters. The Morgan fingerprint density at radius 3 is 1.50 bits per heavy atom. The number of fused-ring (bicyclic) bond motifs is 3. The van der Waals surface area contributed by atoms with Crippen LogP contribution in [-0.2, 0) is 0 Å². The molecule has 0 saturated heterocycles. The van der Waals surface area contributed by atoms with E-state index in [-0.39, 0.29) is 0 Å². The van der Waals surface area contributed by atoms with Crippen molar-refractivity contribution in [3.8, 4) is 101 Å². The molecule has 0 amide bonds. The van der Waals surface area contributed by atoms with Crippen molar-refractivity contribution in [1.29, 1.82) is 0 Å². The van der Waals surface area contributed by atoms with Crippen LogP contribution in [0.5, 0.6) is 0 Å². The van der Waals surface area contributed by atoms with Gasteiger partial charge in [-0.3, -0.25) is 0 Å². The molecule has 0 unspecified atom stereocenters. The smallest absolute Gasteiger partial charge is 0.187 e. The fraction of sp³-hybridized carbons (Fsp3) is 0. The lowest BCUT2D eigenvalue weighted by Gasteiger charge is -2.17. The van der Waals surface area contributed by atoms with Gasteiger partial charge >= 0.3 is 0 Å². The Labute approximate surface area is 359 Å². The van der Waals surface area contributed by atoms with Gasteiger partial charge in [-0.25, -0.2) is 24.6 Å². The summed E-state index contributed by atoms with van der Waals surface area (Å²) in [5.41, 5.74) is 16.8. The molecule has 1 aliphatic rings. The molecule has 62 heavy (non-hydrogen) atoms. The van der Waals surface area contributed by atoms with Crippen LogP contribution in [-0.4, -0.2) is 15.0 Å². The molecule has 5 nitrogen and oxygen atoms in total. The number of aromatic nitrogens is 3. The maximum atomic E-state index is 8.03. The molecule has 1 aromatic heterocycles. The average Bonchev–Trinajstić information content (AvgIpc) is 3.69. The Hall–Kier alpha value is -8.77. The quantitative estimate of drug-likeness (QED) is 0.151. The van der Waals surface area contributed by atoms with Gasteiger partial charge in [0.2, 0.25) is 0 Å². The maximum absolute atomic E-state index is 8.03. The fourth-order valence-corrected chi connectivity index (χ4v) is 8.88. The van der Waals surface area contributed by atoms with Gasteiger partial charge in [0.15, 0.2) is 28.8 Å². The number of hydrogen-bond donors (Lipinski definition) is 0. The van der Waals surface area contributed by atoms with Crippen LogP contribution in [0.25, 0.3) is 121 Å². The standard InChI is InChI=1S/C57H33N5/c1-58-41-29-26-36(27-30-41)43-19-6-10-23-50(43)56-60-55(38-14-4-3-5-15-38)61-57(62-56)51-24-11-8-20-45(51)47-33-31-42(59-2)35-52(47)40-18-12-17-39(34-40)44-32-28-37-16-13-25-48-46-21-7-9-22-49(46)54(44)53(37)48/h3-35H. The van der Waals surface area contributed by atoms with Crippen LogP contribution in [0, 0.1) is 13.1 Å². The Balaban J connectivity index is 1.08. The highest BCUT2D eigenvalue weighted by molar-refractivity contribution is 6.19. The van der Waals surface area contributed by atoms with Gasteiger partial charge in [-0.15, -0.1) is 0 Å². The van der Waals surface area contributed by atoms with E-state index in [1.165, 1.54) is 38.6 Å². The Bertz CT molecular complexity index is 3480. The Morgan fingerprint density at radius 1 is 0.290 bits per heavy atom. The molecule has 1 heterocycles. The van der Waals surface area contributed by atoms with E-state index in [0.29, 0.717) is 28.8 Å². The van der Waals surface area contributed by atoms with Crippen LogP contribution in [0.1, 0.15) is 0 Å². The van der Waals surface area contributed by atoms with E-state index in [9.17, 15) is 0 Å². The summed E-state index contributed by atoms with van der Waals surface area (Å²) in [5, 5.41) is 2.52. The van der Waals surface area contributed by atoms with Crippen LogP contribution in [0.15, 0.2) is 200 Å². The highest BCUT2D eigenvalue weighted by Gasteiger charge is 2.25. The third-order valence-electron chi connectivity index (χ3n) is 11.7. The molecule has 11 rings (SSSR count). The molecule has 0 spiro atoms. The second-order valence-electron chi connectivity index (χ2n) is 15.3. The summed E-state index contributed by atoms with van der Waals surface area (Å²) >= 11 is 0. The fourth-order valence-electron chi connectivity index (χ4n) is 8.88. The zero-order valence-electron chi connectivity index (χ0n) is 33.3. The van der Waals surface area contributed by atoms with Gasteiger partial charge in [0.05, 0.1) is 13.1 Å². The largest absolute Gasteiger partial charge is 0.238 e. The van der Waals surface area contributed by atoms with Crippen molar-refractivity contribution in [2.45, 2.75) is 0 Å². The molecular weight excluding hydrogens is 755 g/mol. The molecule has 10 aromatic rings. The molecule has 0 radical (unpaired) electrons. The lowest BCUT2D eigenvalue weighted by Crippen LogP contribution is -2.02. The number of hydrogen-bond acceptors (Lipinski definition) is 3. The van der Waals surface area contributed by atoms with Crippen LogP contribution in [0.2, 0.25) is 0 Å². The molecule has 5 heteroatoms. The zero-order valence-corrected chi connectivity index (χ0v) is 33.3. The minimum Gasteiger partial charge on any atom is -0.238 e. The van der Waals surface area contributed by atoms with E-state index in [4.69, 9.17) is 28.1 Å². The molecule has 0 N–H and O–H groups in total. The first-order valence-electron chi connectivity index (χ1n) is 20.4. The molecule has 1 aliphatic carbocycles. The Kier molecular flexibility index (Phi) is 8.85. The van der Waals surface area contributed by atoms with E-state index in [2.05, 4.69) is 113 Å². The van der Waals surface area contributed by atoms with Crippen LogP contribution >= 0.6 is 0 Å². The average molecular weight is 788 g/mol. The third kappa shape index (κ3) is 6.21.